The second-order valence-electron chi connectivity index (χ2n) is 6.88. The molecular formula is C23H20ClFN2O2. The van der Waals surface area contributed by atoms with Crippen molar-refractivity contribution in [3.8, 4) is 11.5 Å². The first-order valence-electron chi connectivity index (χ1n) is 9.24. The number of nitrogens with zero attached hydrogens (tertiary/aromatic N) is 1. The molecule has 1 heterocycles. The maximum absolute atomic E-state index is 13.4. The van der Waals surface area contributed by atoms with Crippen molar-refractivity contribution in [2.24, 2.45) is 4.99 Å². The van der Waals surface area contributed by atoms with Gasteiger partial charge in [-0.15, -0.1) is 0 Å². The molecule has 1 aliphatic heterocycles. The van der Waals surface area contributed by atoms with Crippen molar-refractivity contribution in [1.82, 2.24) is 5.32 Å². The Bertz CT molecular complexity index is 1040. The Labute approximate surface area is 173 Å². The number of nitrogens with one attached hydrogen (secondary N) is 1. The number of hydrogen-bond acceptors (Lipinski definition) is 4. The molecule has 0 fully saturated rings. The van der Waals surface area contributed by atoms with Crippen LogP contribution in [0.1, 0.15) is 35.3 Å². The molecule has 4 nitrogen and oxygen atoms in total. The second kappa shape index (κ2) is 8.23. The van der Waals surface area contributed by atoms with Crippen molar-refractivity contribution in [3.05, 3.63) is 94.3 Å². The van der Waals surface area contributed by atoms with Gasteiger partial charge in [0.1, 0.15) is 23.5 Å². The smallest absolute Gasteiger partial charge is 0.126 e. The predicted molar refractivity (Wildman–Crippen MR) is 112 cm³/mol. The molecule has 0 saturated carbocycles. The molecule has 2 N–H and O–H groups in total. The van der Waals surface area contributed by atoms with Gasteiger partial charge in [0.15, 0.2) is 0 Å². The highest BCUT2D eigenvalue weighted by Crippen LogP contribution is 2.36. The van der Waals surface area contributed by atoms with E-state index >= 15 is 0 Å². The Kier molecular flexibility index (Phi) is 5.51. The number of hydrogen-bond donors (Lipinski definition) is 2. The number of benzene rings is 3. The van der Waals surface area contributed by atoms with Crippen molar-refractivity contribution < 1.29 is 14.2 Å². The minimum absolute atomic E-state index is 0.167. The standard InChI is InChI=1S/C23H20ClFN2O2/c1-29-18-9-4-14(5-10-18)20-13-21(19-12-16(24)6-11-22(19)28)27-23(26-20)15-2-7-17(25)8-3-15/h2-12,21,23,27-28H,13H2,1H3. The van der Waals surface area contributed by atoms with Crippen LogP contribution in [0, 0.1) is 5.82 Å². The van der Waals surface area contributed by atoms with E-state index in [1.165, 1.54) is 12.1 Å². The Hall–Kier alpha value is -2.89. The largest absolute Gasteiger partial charge is 0.508 e. The lowest BCUT2D eigenvalue weighted by Crippen LogP contribution is -2.33. The summed E-state index contributed by atoms with van der Waals surface area (Å²) in [5.74, 6) is 0.635. The molecule has 29 heavy (non-hydrogen) atoms. The van der Waals surface area contributed by atoms with Crippen molar-refractivity contribution in [1.29, 1.82) is 0 Å². The van der Waals surface area contributed by atoms with E-state index in [0.717, 1.165) is 22.6 Å². The number of aromatic hydroxyl groups is 1. The molecule has 1 aliphatic rings. The highest BCUT2D eigenvalue weighted by molar-refractivity contribution is 6.30. The van der Waals surface area contributed by atoms with Crippen LogP contribution in [0.25, 0.3) is 0 Å². The van der Waals surface area contributed by atoms with Crippen molar-refractivity contribution in [2.75, 3.05) is 7.11 Å². The average Bonchev–Trinajstić information content (AvgIpc) is 2.75. The van der Waals surface area contributed by atoms with Gasteiger partial charge in [-0.3, -0.25) is 10.3 Å². The first-order chi connectivity index (χ1) is 14.0. The molecule has 3 aromatic carbocycles. The van der Waals surface area contributed by atoms with Gasteiger partial charge >= 0.3 is 0 Å². The topological polar surface area (TPSA) is 53.8 Å². The van der Waals surface area contributed by atoms with E-state index in [-0.39, 0.29) is 23.8 Å². The summed E-state index contributed by atoms with van der Waals surface area (Å²) >= 11 is 6.17. The van der Waals surface area contributed by atoms with Gasteiger partial charge in [0.2, 0.25) is 0 Å². The van der Waals surface area contributed by atoms with E-state index in [1.54, 1.807) is 37.4 Å². The van der Waals surface area contributed by atoms with Crippen LogP contribution in [0.5, 0.6) is 11.5 Å². The number of methoxy groups -OCH3 is 1. The zero-order valence-electron chi connectivity index (χ0n) is 15.8. The zero-order chi connectivity index (χ0) is 20.4. The maximum Gasteiger partial charge on any atom is 0.126 e. The first kappa shape index (κ1) is 19.4. The number of phenols is 1. The second-order valence-corrected chi connectivity index (χ2v) is 7.32. The maximum atomic E-state index is 13.4. The molecule has 0 aromatic heterocycles. The highest BCUT2D eigenvalue weighted by atomic mass is 35.5. The lowest BCUT2D eigenvalue weighted by atomic mass is 9.93. The molecule has 0 amide bonds. The summed E-state index contributed by atoms with van der Waals surface area (Å²) in [6.45, 7) is 0. The van der Waals surface area contributed by atoms with E-state index in [4.69, 9.17) is 21.3 Å². The third kappa shape index (κ3) is 4.26. The van der Waals surface area contributed by atoms with Crippen LogP contribution in [0.3, 0.4) is 0 Å². The van der Waals surface area contributed by atoms with E-state index < -0.39 is 0 Å². The summed E-state index contributed by atoms with van der Waals surface area (Å²) in [5, 5.41) is 14.4. The molecule has 2 atom stereocenters. The van der Waals surface area contributed by atoms with E-state index in [1.807, 2.05) is 24.3 Å². The molecule has 148 valence electrons. The average molecular weight is 411 g/mol. The summed E-state index contributed by atoms with van der Waals surface area (Å²) in [7, 11) is 1.62. The lowest BCUT2D eigenvalue weighted by molar-refractivity contribution is 0.412. The minimum Gasteiger partial charge on any atom is -0.508 e. The van der Waals surface area contributed by atoms with Gasteiger partial charge in [-0.25, -0.2) is 4.39 Å². The summed E-state index contributed by atoms with van der Waals surface area (Å²) in [6, 6.07) is 18.7. The lowest BCUT2D eigenvalue weighted by Gasteiger charge is -2.31. The van der Waals surface area contributed by atoms with Gasteiger partial charge in [-0.1, -0.05) is 23.7 Å². The van der Waals surface area contributed by atoms with Crippen LogP contribution in [-0.2, 0) is 0 Å². The van der Waals surface area contributed by atoms with Crippen LogP contribution in [0.2, 0.25) is 5.02 Å². The Morgan fingerprint density at radius 3 is 2.48 bits per heavy atom. The molecule has 6 heteroatoms. The fraction of sp³-hybridized carbons (Fsp3) is 0.174. The number of rotatable bonds is 4. The Balaban J connectivity index is 1.75. The van der Waals surface area contributed by atoms with Crippen molar-refractivity contribution in [2.45, 2.75) is 18.6 Å². The normalized spacial score (nSPS) is 18.9. The highest BCUT2D eigenvalue weighted by Gasteiger charge is 2.28. The monoisotopic (exact) mass is 410 g/mol. The molecule has 3 aromatic rings. The summed E-state index contributed by atoms with van der Waals surface area (Å²) in [4.78, 5) is 4.86. The van der Waals surface area contributed by atoms with Crippen LogP contribution in [0.4, 0.5) is 4.39 Å². The van der Waals surface area contributed by atoms with Crippen LogP contribution >= 0.6 is 11.6 Å². The van der Waals surface area contributed by atoms with Gasteiger partial charge in [0, 0.05) is 28.8 Å². The molecular weight excluding hydrogens is 391 g/mol. The van der Waals surface area contributed by atoms with E-state index in [9.17, 15) is 9.50 Å². The number of aliphatic imine (C=N–C) groups is 1. The van der Waals surface area contributed by atoms with Gasteiger partial charge in [0.05, 0.1) is 7.11 Å². The summed E-state index contributed by atoms with van der Waals surface area (Å²) in [5.41, 5.74) is 3.38. The predicted octanol–water partition coefficient (Wildman–Crippen LogP) is 5.42. The molecule has 0 saturated heterocycles. The van der Waals surface area contributed by atoms with Crippen LogP contribution in [-0.4, -0.2) is 17.9 Å². The quantitative estimate of drug-likeness (QED) is 0.604. The van der Waals surface area contributed by atoms with Crippen molar-refractivity contribution >= 4 is 17.3 Å². The molecule has 0 spiro atoms. The van der Waals surface area contributed by atoms with E-state index in [0.29, 0.717) is 17.0 Å². The molecule has 0 bridgehead atoms. The minimum atomic E-state index is -0.384. The molecule has 2 unspecified atom stereocenters. The Morgan fingerprint density at radius 2 is 1.79 bits per heavy atom. The van der Waals surface area contributed by atoms with Gasteiger partial charge in [-0.2, -0.15) is 0 Å². The molecule has 4 rings (SSSR count). The zero-order valence-corrected chi connectivity index (χ0v) is 16.5. The third-order valence-corrected chi connectivity index (χ3v) is 5.25. The number of ether oxygens (including phenoxy) is 1. The van der Waals surface area contributed by atoms with Crippen molar-refractivity contribution in [3.63, 3.8) is 0 Å². The number of halogens is 2. The van der Waals surface area contributed by atoms with Crippen LogP contribution < -0.4 is 10.1 Å². The van der Waals surface area contributed by atoms with Gasteiger partial charge in [-0.05, 0) is 65.7 Å². The molecule has 0 radical (unpaired) electrons. The van der Waals surface area contributed by atoms with Crippen LogP contribution in [0.15, 0.2) is 71.7 Å². The molecule has 0 aliphatic carbocycles. The van der Waals surface area contributed by atoms with E-state index in [2.05, 4.69) is 5.32 Å². The number of phenolic OH excluding ortho intramolecular Hbond substituents is 1. The SMILES string of the molecule is COc1ccc(C2=NC(c3ccc(F)cc3)NC(c3cc(Cl)ccc3O)C2)cc1. The summed E-state index contributed by atoms with van der Waals surface area (Å²) < 4.78 is 18.6. The fourth-order valence-electron chi connectivity index (χ4n) is 3.48. The fourth-order valence-corrected chi connectivity index (χ4v) is 3.67. The third-order valence-electron chi connectivity index (χ3n) is 5.02. The summed E-state index contributed by atoms with van der Waals surface area (Å²) in [6.07, 6.45) is 0.183. The van der Waals surface area contributed by atoms with Gasteiger partial charge in [0.25, 0.3) is 0 Å². The van der Waals surface area contributed by atoms with Gasteiger partial charge < -0.3 is 9.84 Å². The first-order valence-corrected chi connectivity index (χ1v) is 9.62. The Morgan fingerprint density at radius 1 is 1.07 bits per heavy atom.